The van der Waals surface area contributed by atoms with Crippen LogP contribution in [0.4, 0.5) is 14.7 Å². The van der Waals surface area contributed by atoms with Crippen molar-refractivity contribution in [2.24, 2.45) is 0 Å². The van der Waals surface area contributed by atoms with Gasteiger partial charge in [0.25, 0.3) is 6.43 Å². The zero-order chi connectivity index (χ0) is 23.1. The van der Waals surface area contributed by atoms with E-state index >= 15 is 0 Å². The summed E-state index contributed by atoms with van der Waals surface area (Å²) in [5, 5.41) is 8.12. The summed E-state index contributed by atoms with van der Waals surface area (Å²) >= 11 is 0. The minimum Gasteiger partial charge on any atom is -0.350 e. The lowest BCUT2D eigenvalue weighted by atomic mass is 9.91. The molecule has 0 bridgehead atoms. The molecule has 1 aliphatic carbocycles. The monoisotopic (exact) mass is 454 g/mol. The maximum atomic E-state index is 13.1. The Morgan fingerprint density at radius 2 is 1.91 bits per heavy atom. The van der Waals surface area contributed by atoms with Crippen LogP contribution in [0.5, 0.6) is 0 Å². The third-order valence-corrected chi connectivity index (χ3v) is 6.60. The number of nitrogens with zero attached hydrogens (tertiary/aromatic N) is 7. The molecule has 174 valence electrons. The summed E-state index contributed by atoms with van der Waals surface area (Å²) in [6, 6.07) is 4.82. The topological polar surface area (TPSA) is 76.2 Å². The molecule has 5 rings (SSSR count). The molecule has 0 amide bonds. The average molecular weight is 455 g/mol. The Hall–Kier alpha value is -3.14. The second-order valence-electron chi connectivity index (χ2n) is 8.98. The van der Waals surface area contributed by atoms with Crippen molar-refractivity contribution in [1.82, 2.24) is 34.0 Å². The van der Waals surface area contributed by atoms with E-state index in [-0.39, 0.29) is 0 Å². The van der Waals surface area contributed by atoms with Gasteiger partial charge in [-0.15, -0.1) is 5.10 Å². The molecule has 4 heterocycles. The van der Waals surface area contributed by atoms with Crippen LogP contribution in [0.15, 0.2) is 30.7 Å². The molecule has 1 aliphatic rings. The Morgan fingerprint density at radius 3 is 2.64 bits per heavy atom. The first-order valence-electron chi connectivity index (χ1n) is 11.3. The maximum Gasteiger partial charge on any atom is 0.256 e. The van der Waals surface area contributed by atoms with Gasteiger partial charge >= 0.3 is 0 Å². The van der Waals surface area contributed by atoms with Crippen LogP contribution in [0.1, 0.15) is 31.5 Å². The molecule has 0 radical (unpaired) electrons. The molecule has 0 aromatic carbocycles. The molecule has 0 saturated heterocycles. The summed E-state index contributed by atoms with van der Waals surface area (Å²) in [5.41, 5.74) is 3.59. The molecular weight excluding hydrogens is 426 g/mol. The number of imidazole rings is 1. The quantitative estimate of drug-likeness (QED) is 0.475. The van der Waals surface area contributed by atoms with Crippen molar-refractivity contribution in [1.29, 1.82) is 0 Å². The molecule has 0 atom stereocenters. The number of anilines is 1. The molecule has 8 nitrogen and oxygen atoms in total. The van der Waals surface area contributed by atoms with Crippen molar-refractivity contribution in [2.45, 2.75) is 57.7 Å². The van der Waals surface area contributed by atoms with Gasteiger partial charge in [-0.25, -0.2) is 28.2 Å². The molecular formula is C23H28F2N8. The third kappa shape index (κ3) is 4.27. The zero-order valence-electron chi connectivity index (χ0n) is 19.0. The van der Waals surface area contributed by atoms with Gasteiger partial charge in [-0.05, 0) is 58.8 Å². The average Bonchev–Trinajstić information content (AvgIpc) is 3.34. The number of halogens is 2. The van der Waals surface area contributed by atoms with Crippen molar-refractivity contribution in [2.75, 3.05) is 19.4 Å². The van der Waals surface area contributed by atoms with E-state index < -0.39 is 13.0 Å². The van der Waals surface area contributed by atoms with Crippen LogP contribution in [0.3, 0.4) is 0 Å². The van der Waals surface area contributed by atoms with Crippen LogP contribution in [-0.4, -0.2) is 66.6 Å². The summed E-state index contributed by atoms with van der Waals surface area (Å²) in [6.45, 7) is 1.31. The van der Waals surface area contributed by atoms with E-state index in [4.69, 9.17) is 0 Å². The van der Waals surface area contributed by atoms with Crippen molar-refractivity contribution < 1.29 is 8.78 Å². The fourth-order valence-corrected chi connectivity index (χ4v) is 4.76. The zero-order valence-corrected chi connectivity index (χ0v) is 19.0. The van der Waals surface area contributed by atoms with Crippen LogP contribution in [-0.2, 0) is 6.54 Å². The largest absolute Gasteiger partial charge is 0.350 e. The van der Waals surface area contributed by atoms with Crippen molar-refractivity contribution in [3.05, 3.63) is 36.5 Å². The Bertz CT molecular complexity index is 1270. The smallest absolute Gasteiger partial charge is 0.256 e. The lowest BCUT2D eigenvalue weighted by Crippen LogP contribution is -2.36. The van der Waals surface area contributed by atoms with Gasteiger partial charge in [0.05, 0.1) is 23.8 Å². The molecule has 33 heavy (non-hydrogen) atoms. The van der Waals surface area contributed by atoms with Gasteiger partial charge in [0.2, 0.25) is 5.95 Å². The number of aromatic nitrogens is 6. The molecule has 1 fully saturated rings. The molecule has 4 aromatic rings. The summed E-state index contributed by atoms with van der Waals surface area (Å²) in [6.07, 6.45) is 7.45. The predicted molar refractivity (Wildman–Crippen MR) is 124 cm³/mol. The molecule has 10 heteroatoms. The number of hydrogen-bond donors (Lipinski definition) is 1. The van der Waals surface area contributed by atoms with Crippen molar-refractivity contribution in [3.8, 4) is 11.1 Å². The van der Waals surface area contributed by atoms with Gasteiger partial charge in [0, 0.05) is 35.6 Å². The third-order valence-electron chi connectivity index (χ3n) is 6.60. The van der Waals surface area contributed by atoms with Gasteiger partial charge < -0.3 is 14.8 Å². The fourth-order valence-electron chi connectivity index (χ4n) is 4.76. The van der Waals surface area contributed by atoms with E-state index in [0.29, 0.717) is 35.0 Å². The normalized spacial score (nSPS) is 19.2. The predicted octanol–water partition coefficient (Wildman–Crippen LogP) is 4.00. The minimum atomic E-state index is -2.46. The first-order valence-corrected chi connectivity index (χ1v) is 11.3. The second kappa shape index (κ2) is 8.66. The van der Waals surface area contributed by atoms with E-state index in [1.165, 1.54) is 4.57 Å². The van der Waals surface area contributed by atoms with E-state index in [1.54, 1.807) is 23.8 Å². The Kier molecular flexibility index (Phi) is 5.69. The number of hydrogen-bond acceptors (Lipinski definition) is 6. The number of nitrogens with one attached hydrogen (secondary N) is 1. The minimum absolute atomic E-state index is 0.374. The van der Waals surface area contributed by atoms with Crippen LogP contribution < -0.4 is 5.32 Å². The number of fused-ring (bicyclic) bond motifs is 2. The van der Waals surface area contributed by atoms with Crippen LogP contribution >= 0.6 is 0 Å². The summed E-state index contributed by atoms with van der Waals surface area (Å²) < 4.78 is 29.4. The second-order valence-corrected chi connectivity index (χ2v) is 8.98. The highest BCUT2D eigenvalue weighted by atomic mass is 19.3. The summed E-state index contributed by atoms with van der Waals surface area (Å²) in [4.78, 5) is 15.6. The number of rotatable bonds is 6. The molecule has 1 saturated carbocycles. The summed E-state index contributed by atoms with van der Waals surface area (Å²) in [7, 11) is 4.28. The lowest BCUT2D eigenvalue weighted by molar-refractivity contribution is 0.127. The summed E-state index contributed by atoms with van der Waals surface area (Å²) in [5.74, 6) is 1.13. The van der Waals surface area contributed by atoms with Gasteiger partial charge in [-0.2, -0.15) is 0 Å². The Morgan fingerprint density at radius 1 is 1.12 bits per heavy atom. The molecule has 0 spiro atoms. The highest BCUT2D eigenvalue weighted by molar-refractivity contribution is 5.85. The highest BCUT2D eigenvalue weighted by Gasteiger charge is 2.23. The number of alkyl halides is 2. The van der Waals surface area contributed by atoms with Crippen LogP contribution in [0, 0.1) is 6.92 Å². The Balaban J connectivity index is 1.39. The Labute approximate surface area is 190 Å². The lowest BCUT2D eigenvalue weighted by Gasteiger charge is -2.32. The van der Waals surface area contributed by atoms with Crippen LogP contribution in [0.2, 0.25) is 0 Å². The first kappa shape index (κ1) is 21.7. The van der Waals surface area contributed by atoms with E-state index in [9.17, 15) is 8.78 Å². The number of pyridine rings is 1. The number of aryl methyl sites for hydroxylation is 1. The van der Waals surface area contributed by atoms with E-state index in [0.717, 1.165) is 42.3 Å². The first-order chi connectivity index (χ1) is 15.9. The molecule has 1 N–H and O–H groups in total. The van der Waals surface area contributed by atoms with Crippen molar-refractivity contribution >= 4 is 22.6 Å². The highest BCUT2D eigenvalue weighted by Crippen LogP contribution is 2.29. The molecule has 0 unspecified atom stereocenters. The van der Waals surface area contributed by atoms with E-state index in [1.807, 2.05) is 18.3 Å². The van der Waals surface area contributed by atoms with E-state index in [2.05, 4.69) is 44.4 Å². The van der Waals surface area contributed by atoms with Gasteiger partial charge in [0.1, 0.15) is 5.82 Å². The molecule has 0 aliphatic heterocycles. The van der Waals surface area contributed by atoms with Gasteiger partial charge in [-0.3, -0.25) is 0 Å². The standard InChI is InChI=1S/C23H28F2N8/c1-14-28-22-19(32(14)13-21(24)25)10-15(11-26-22)18-8-9-33-20(18)12-27-23(30-33)29-16-4-6-17(7-5-16)31(2)3/h8-12,16-17,21H,4-7,13H2,1-3H3,(H,29,30)/t16-,17+. The fraction of sp³-hybridized carbons (Fsp3) is 0.478. The SMILES string of the molecule is Cc1nc2ncc(-c3ccn4nc(N[C@H]5CC[C@@H](N(C)C)CC5)ncc34)cc2n1CC(F)F. The molecule has 4 aromatic heterocycles. The van der Waals surface area contributed by atoms with Gasteiger partial charge in [0.15, 0.2) is 5.65 Å². The van der Waals surface area contributed by atoms with Crippen molar-refractivity contribution in [3.63, 3.8) is 0 Å². The maximum absolute atomic E-state index is 13.1. The van der Waals surface area contributed by atoms with Gasteiger partial charge in [-0.1, -0.05) is 0 Å². The van der Waals surface area contributed by atoms with Crippen LogP contribution in [0.25, 0.3) is 27.8 Å².